The summed E-state index contributed by atoms with van der Waals surface area (Å²) in [6, 6.07) is 7.07. The van der Waals surface area contributed by atoms with Crippen molar-refractivity contribution in [1.82, 2.24) is 10.3 Å². The smallest absolute Gasteiger partial charge is 0.321 e. The van der Waals surface area contributed by atoms with Gasteiger partial charge in [-0.3, -0.25) is 10.1 Å². The van der Waals surface area contributed by atoms with Crippen LogP contribution in [0.25, 0.3) is 10.9 Å². The molecule has 0 radical (unpaired) electrons. The third kappa shape index (κ3) is 1.47. The fourth-order valence-electron chi connectivity index (χ4n) is 2.52. The van der Waals surface area contributed by atoms with Gasteiger partial charge in [0.05, 0.1) is 11.6 Å². The van der Waals surface area contributed by atoms with Crippen LogP contribution in [-0.4, -0.2) is 22.1 Å². The summed E-state index contributed by atoms with van der Waals surface area (Å²) in [7, 11) is 0. The number of hydrogen-bond acceptors (Lipinski definition) is 3. The third-order valence-corrected chi connectivity index (χ3v) is 3.37. The number of rotatable bonds is 1. The van der Waals surface area contributed by atoms with Gasteiger partial charge in [0.1, 0.15) is 6.04 Å². The number of fused-ring (bicyclic) bond motifs is 3. The Balaban J connectivity index is 2.21. The van der Waals surface area contributed by atoms with E-state index in [0.29, 0.717) is 18.5 Å². The molecule has 0 amide bonds. The van der Waals surface area contributed by atoms with Gasteiger partial charge in [0.25, 0.3) is 0 Å². The first-order chi connectivity index (χ1) is 8.70. The van der Waals surface area contributed by atoms with Crippen LogP contribution in [0.15, 0.2) is 18.2 Å². The van der Waals surface area contributed by atoms with Crippen molar-refractivity contribution in [2.75, 3.05) is 0 Å². The number of H-pyrrole nitrogens is 1. The van der Waals surface area contributed by atoms with Gasteiger partial charge >= 0.3 is 5.97 Å². The van der Waals surface area contributed by atoms with Gasteiger partial charge in [-0.1, -0.05) is 6.07 Å². The number of carbonyl (C=O) groups is 1. The summed E-state index contributed by atoms with van der Waals surface area (Å²) in [6.07, 6.45) is 0.406. The Hall–Kier alpha value is -2.32. The Morgan fingerprint density at radius 1 is 1.50 bits per heavy atom. The highest BCUT2D eigenvalue weighted by atomic mass is 16.4. The van der Waals surface area contributed by atoms with Gasteiger partial charge in [-0.2, -0.15) is 5.26 Å². The molecule has 3 rings (SSSR count). The first-order valence-electron chi connectivity index (χ1n) is 5.69. The number of aromatic amines is 1. The topological polar surface area (TPSA) is 88.9 Å². The molecule has 1 aliphatic heterocycles. The third-order valence-electron chi connectivity index (χ3n) is 3.37. The lowest BCUT2D eigenvalue weighted by molar-refractivity contribution is -0.139. The molecule has 1 aliphatic rings. The highest BCUT2D eigenvalue weighted by Crippen LogP contribution is 2.29. The van der Waals surface area contributed by atoms with Gasteiger partial charge in [-0.25, -0.2) is 0 Å². The zero-order valence-corrected chi connectivity index (χ0v) is 9.53. The summed E-state index contributed by atoms with van der Waals surface area (Å²) < 4.78 is 0. The number of carboxylic acid groups (broad SMARTS) is 1. The highest BCUT2D eigenvalue weighted by Gasteiger charge is 2.27. The Morgan fingerprint density at radius 2 is 2.33 bits per heavy atom. The largest absolute Gasteiger partial charge is 0.480 e. The maximum atomic E-state index is 11.0. The van der Waals surface area contributed by atoms with Crippen LogP contribution < -0.4 is 5.32 Å². The lowest BCUT2D eigenvalue weighted by Crippen LogP contribution is -2.41. The van der Waals surface area contributed by atoms with E-state index in [1.54, 1.807) is 6.07 Å². The van der Waals surface area contributed by atoms with E-state index in [0.717, 1.165) is 22.2 Å². The molecule has 2 aromatic rings. The highest BCUT2D eigenvalue weighted by molar-refractivity contribution is 5.91. The molecule has 5 nitrogen and oxygen atoms in total. The standard InChI is InChI=1S/C13H11N3O2/c14-5-7-2-1-3-9-12(7)8-4-10(13(17)18)15-6-11(8)16-9/h1-3,10,15-16H,4,6H2,(H,17,18). The van der Waals surface area contributed by atoms with Crippen LogP contribution in [0.4, 0.5) is 0 Å². The van der Waals surface area contributed by atoms with Crippen LogP contribution in [0.1, 0.15) is 16.8 Å². The fourth-order valence-corrected chi connectivity index (χ4v) is 2.52. The summed E-state index contributed by atoms with van der Waals surface area (Å²) in [6.45, 7) is 0.492. The summed E-state index contributed by atoms with van der Waals surface area (Å²) in [5, 5.41) is 22.0. The van der Waals surface area contributed by atoms with Crippen molar-refractivity contribution in [3.8, 4) is 6.07 Å². The molecule has 1 aromatic heterocycles. The number of hydrogen-bond donors (Lipinski definition) is 3. The zero-order valence-electron chi connectivity index (χ0n) is 9.53. The van der Waals surface area contributed by atoms with Crippen LogP contribution in [0.5, 0.6) is 0 Å². The van der Waals surface area contributed by atoms with Crippen molar-refractivity contribution in [3.63, 3.8) is 0 Å². The van der Waals surface area contributed by atoms with E-state index < -0.39 is 12.0 Å². The van der Waals surface area contributed by atoms with Gasteiger partial charge in [-0.05, 0) is 17.7 Å². The molecule has 0 bridgehead atoms. The molecule has 0 aliphatic carbocycles. The van der Waals surface area contributed by atoms with E-state index in [1.165, 1.54) is 0 Å². The number of aliphatic carboxylic acids is 1. The first-order valence-corrected chi connectivity index (χ1v) is 5.69. The van der Waals surface area contributed by atoms with Crippen molar-refractivity contribution < 1.29 is 9.90 Å². The first kappa shape index (κ1) is 10.8. The molecule has 1 unspecified atom stereocenters. The van der Waals surface area contributed by atoms with Gasteiger partial charge < -0.3 is 10.1 Å². The minimum absolute atomic E-state index is 0.406. The SMILES string of the molecule is N#Cc1cccc2[nH]c3c(c12)CC(C(=O)O)NC3. The fraction of sp³-hybridized carbons (Fsp3) is 0.231. The van der Waals surface area contributed by atoms with Crippen LogP contribution in [0.2, 0.25) is 0 Å². The Kier molecular flexibility index (Phi) is 2.32. The molecule has 0 saturated heterocycles. The minimum atomic E-state index is -0.857. The number of benzene rings is 1. The quantitative estimate of drug-likeness (QED) is 0.698. The Labute approximate surface area is 103 Å². The second-order valence-corrected chi connectivity index (χ2v) is 4.40. The molecule has 1 atom stereocenters. The minimum Gasteiger partial charge on any atom is -0.480 e. The number of nitrogens with zero attached hydrogens (tertiary/aromatic N) is 1. The molecule has 2 heterocycles. The van der Waals surface area contributed by atoms with Crippen LogP contribution >= 0.6 is 0 Å². The Morgan fingerprint density at radius 3 is 3.06 bits per heavy atom. The van der Waals surface area contributed by atoms with Gasteiger partial charge in [0.2, 0.25) is 0 Å². The van der Waals surface area contributed by atoms with Crippen LogP contribution in [0.3, 0.4) is 0 Å². The second-order valence-electron chi connectivity index (χ2n) is 4.40. The molecule has 5 heteroatoms. The molecule has 0 saturated carbocycles. The van der Waals surface area contributed by atoms with Crippen LogP contribution in [0, 0.1) is 11.3 Å². The molecular formula is C13H11N3O2. The van der Waals surface area contributed by atoms with E-state index in [4.69, 9.17) is 10.4 Å². The predicted octanol–water partition coefficient (Wildman–Crippen LogP) is 1.14. The molecule has 0 spiro atoms. The molecule has 3 N–H and O–H groups in total. The van der Waals surface area contributed by atoms with E-state index in [2.05, 4.69) is 16.4 Å². The normalized spacial score (nSPS) is 18.3. The molecule has 90 valence electrons. The average Bonchev–Trinajstić information content (AvgIpc) is 2.75. The molecule has 18 heavy (non-hydrogen) atoms. The molecular weight excluding hydrogens is 230 g/mol. The number of aromatic nitrogens is 1. The lowest BCUT2D eigenvalue weighted by Gasteiger charge is -2.20. The van der Waals surface area contributed by atoms with Crippen molar-refractivity contribution in [1.29, 1.82) is 5.26 Å². The maximum Gasteiger partial charge on any atom is 0.321 e. The van der Waals surface area contributed by atoms with Gasteiger partial charge in [0, 0.05) is 29.6 Å². The number of nitriles is 1. The van der Waals surface area contributed by atoms with E-state index in [9.17, 15) is 4.79 Å². The van der Waals surface area contributed by atoms with Crippen molar-refractivity contribution in [3.05, 3.63) is 35.0 Å². The van der Waals surface area contributed by atoms with Gasteiger partial charge in [0.15, 0.2) is 0 Å². The second kappa shape index (κ2) is 3.86. The summed E-state index contributed by atoms with van der Waals surface area (Å²) in [5.74, 6) is -0.857. The monoisotopic (exact) mass is 241 g/mol. The summed E-state index contributed by atoms with van der Waals surface area (Å²) >= 11 is 0. The lowest BCUT2D eigenvalue weighted by atomic mass is 9.96. The number of nitrogens with one attached hydrogen (secondary N) is 2. The van der Waals surface area contributed by atoms with E-state index in [-0.39, 0.29) is 0 Å². The van der Waals surface area contributed by atoms with E-state index >= 15 is 0 Å². The van der Waals surface area contributed by atoms with Crippen LogP contribution in [-0.2, 0) is 17.8 Å². The summed E-state index contributed by atoms with van der Waals surface area (Å²) in [5.41, 5.74) is 3.42. The van der Waals surface area contributed by atoms with Crippen molar-refractivity contribution >= 4 is 16.9 Å². The van der Waals surface area contributed by atoms with Gasteiger partial charge in [-0.15, -0.1) is 0 Å². The Bertz CT molecular complexity index is 681. The average molecular weight is 241 g/mol. The zero-order chi connectivity index (χ0) is 12.7. The molecule has 0 fully saturated rings. The van der Waals surface area contributed by atoms with Crippen molar-refractivity contribution in [2.24, 2.45) is 0 Å². The maximum absolute atomic E-state index is 11.0. The summed E-state index contributed by atoms with van der Waals surface area (Å²) in [4.78, 5) is 14.3. The predicted molar refractivity (Wildman–Crippen MR) is 65.0 cm³/mol. The number of carboxylic acids is 1. The van der Waals surface area contributed by atoms with Crippen molar-refractivity contribution in [2.45, 2.75) is 19.0 Å². The molecule has 1 aromatic carbocycles. The van der Waals surface area contributed by atoms with E-state index in [1.807, 2.05) is 12.1 Å².